The van der Waals surface area contributed by atoms with Gasteiger partial charge in [0.1, 0.15) is 0 Å². The van der Waals surface area contributed by atoms with Crippen LogP contribution in [0.2, 0.25) is 0 Å². The first-order chi connectivity index (χ1) is 8.93. The van der Waals surface area contributed by atoms with Crippen LogP contribution in [0.3, 0.4) is 0 Å². The molecule has 2 fully saturated rings. The Bertz CT molecular complexity index is 362. The summed E-state index contributed by atoms with van der Waals surface area (Å²) in [5.74, 6) is 2.72. The molecule has 0 N–H and O–H groups in total. The largest absolute Gasteiger partial charge is 0.370 e. The smallest absolute Gasteiger partial charge is 0.0366 e. The van der Waals surface area contributed by atoms with Crippen molar-refractivity contribution in [2.45, 2.75) is 18.9 Å². The summed E-state index contributed by atoms with van der Waals surface area (Å²) in [5, 5.41) is 0. The van der Waals surface area contributed by atoms with Crippen LogP contribution in [0.1, 0.15) is 12.8 Å². The Balaban J connectivity index is 1.61. The van der Waals surface area contributed by atoms with Crippen LogP contribution in [0.4, 0.5) is 5.69 Å². The van der Waals surface area contributed by atoms with Crippen LogP contribution in [0.25, 0.3) is 0 Å². The zero-order valence-corrected chi connectivity index (χ0v) is 11.7. The van der Waals surface area contributed by atoms with Crippen LogP contribution in [0.5, 0.6) is 0 Å². The number of hydrogen-bond acceptors (Lipinski definition) is 3. The molecule has 1 aromatic rings. The van der Waals surface area contributed by atoms with Crippen molar-refractivity contribution in [3.05, 3.63) is 30.3 Å². The number of benzene rings is 1. The maximum absolute atomic E-state index is 2.73. The Hall–Kier alpha value is -0.670. The molecule has 0 saturated carbocycles. The van der Waals surface area contributed by atoms with Gasteiger partial charge in [0.15, 0.2) is 0 Å². The van der Waals surface area contributed by atoms with Crippen molar-refractivity contribution >= 4 is 17.4 Å². The van der Waals surface area contributed by atoms with Gasteiger partial charge in [-0.25, -0.2) is 0 Å². The lowest BCUT2D eigenvalue weighted by Gasteiger charge is -2.27. The molecule has 1 aromatic carbocycles. The van der Waals surface area contributed by atoms with Crippen LogP contribution >= 0.6 is 11.8 Å². The maximum atomic E-state index is 2.73. The van der Waals surface area contributed by atoms with Crippen LogP contribution in [0.15, 0.2) is 30.3 Å². The molecule has 98 valence electrons. The number of hydrogen-bond donors (Lipinski definition) is 0. The third-order valence-electron chi connectivity index (χ3n) is 4.07. The summed E-state index contributed by atoms with van der Waals surface area (Å²) in [7, 11) is 0. The topological polar surface area (TPSA) is 6.48 Å². The van der Waals surface area contributed by atoms with Crippen molar-refractivity contribution in [2.24, 2.45) is 0 Å². The molecule has 2 aliphatic rings. The van der Waals surface area contributed by atoms with E-state index in [9.17, 15) is 0 Å². The Kier molecular flexibility index (Phi) is 4.11. The molecule has 0 aliphatic carbocycles. The molecule has 2 saturated heterocycles. The van der Waals surface area contributed by atoms with E-state index in [0.29, 0.717) is 0 Å². The first-order valence-electron chi connectivity index (χ1n) is 7.05. The van der Waals surface area contributed by atoms with E-state index in [1.165, 1.54) is 56.2 Å². The van der Waals surface area contributed by atoms with Gasteiger partial charge in [-0.05, 0) is 30.7 Å². The lowest BCUT2D eigenvalue weighted by molar-refractivity contribution is 0.228. The van der Waals surface area contributed by atoms with Gasteiger partial charge in [0, 0.05) is 43.7 Å². The molecule has 1 atom stereocenters. The predicted molar refractivity (Wildman–Crippen MR) is 80.6 cm³/mol. The number of para-hydroxylation sites is 1. The molecule has 3 heteroatoms. The minimum Gasteiger partial charge on any atom is -0.370 e. The molecule has 0 aromatic heterocycles. The molecule has 0 spiro atoms. The van der Waals surface area contributed by atoms with Gasteiger partial charge in [0.05, 0.1) is 0 Å². The van der Waals surface area contributed by atoms with Gasteiger partial charge in [0.25, 0.3) is 0 Å². The molecule has 0 amide bonds. The van der Waals surface area contributed by atoms with E-state index in [0.717, 1.165) is 6.04 Å². The monoisotopic (exact) mass is 262 g/mol. The van der Waals surface area contributed by atoms with Crippen molar-refractivity contribution in [2.75, 3.05) is 42.6 Å². The second-order valence-electron chi connectivity index (χ2n) is 5.23. The third kappa shape index (κ3) is 2.83. The minimum absolute atomic E-state index is 0.853. The zero-order valence-electron chi connectivity index (χ0n) is 10.9. The summed E-state index contributed by atoms with van der Waals surface area (Å²) >= 11 is 2.12. The molecule has 0 unspecified atom stereocenters. The van der Waals surface area contributed by atoms with Crippen molar-refractivity contribution in [3.63, 3.8) is 0 Å². The van der Waals surface area contributed by atoms with Crippen LogP contribution in [-0.2, 0) is 0 Å². The second kappa shape index (κ2) is 5.98. The third-order valence-corrected chi connectivity index (χ3v) is 5.22. The fourth-order valence-corrected chi connectivity index (χ4v) is 4.26. The van der Waals surface area contributed by atoms with Gasteiger partial charge in [-0.2, -0.15) is 11.8 Å². The Morgan fingerprint density at radius 3 is 2.67 bits per heavy atom. The number of anilines is 1. The van der Waals surface area contributed by atoms with Gasteiger partial charge in [0.2, 0.25) is 0 Å². The highest BCUT2D eigenvalue weighted by molar-refractivity contribution is 7.99. The van der Waals surface area contributed by atoms with Crippen LogP contribution < -0.4 is 4.90 Å². The van der Waals surface area contributed by atoms with Gasteiger partial charge in [-0.15, -0.1) is 0 Å². The van der Waals surface area contributed by atoms with Gasteiger partial charge >= 0.3 is 0 Å². The molecule has 0 radical (unpaired) electrons. The SMILES string of the molecule is c1ccc(N2CCCN([C@@H]3CCSC3)CC2)cc1. The highest BCUT2D eigenvalue weighted by Crippen LogP contribution is 2.24. The average molecular weight is 262 g/mol. The molecule has 2 aliphatic heterocycles. The Labute approximate surface area is 114 Å². The Morgan fingerprint density at radius 1 is 1.00 bits per heavy atom. The van der Waals surface area contributed by atoms with E-state index in [1.54, 1.807) is 0 Å². The van der Waals surface area contributed by atoms with E-state index in [2.05, 4.69) is 51.9 Å². The van der Waals surface area contributed by atoms with Crippen molar-refractivity contribution in [1.82, 2.24) is 4.90 Å². The fraction of sp³-hybridized carbons (Fsp3) is 0.600. The van der Waals surface area contributed by atoms with E-state index in [1.807, 2.05) is 0 Å². The lowest BCUT2D eigenvalue weighted by Crippen LogP contribution is -2.38. The number of nitrogens with zero attached hydrogens (tertiary/aromatic N) is 2. The fourth-order valence-electron chi connectivity index (χ4n) is 3.01. The molecule has 2 nitrogen and oxygen atoms in total. The van der Waals surface area contributed by atoms with Crippen molar-refractivity contribution < 1.29 is 0 Å². The summed E-state index contributed by atoms with van der Waals surface area (Å²) in [5.41, 5.74) is 1.39. The molecular formula is C15H22N2S. The van der Waals surface area contributed by atoms with Crippen LogP contribution in [0, 0.1) is 0 Å². The summed E-state index contributed by atoms with van der Waals surface area (Å²) in [6, 6.07) is 11.7. The van der Waals surface area contributed by atoms with E-state index >= 15 is 0 Å². The first kappa shape index (κ1) is 12.4. The molecular weight excluding hydrogens is 240 g/mol. The van der Waals surface area contributed by atoms with E-state index in [4.69, 9.17) is 0 Å². The average Bonchev–Trinajstić information content (AvgIpc) is 2.84. The summed E-state index contributed by atoms with van der Waals surface area (Å²) in [6.45, 7) is 4.92. The first-order valence-corrected chi connectivity index (χ1v) is 8.21. The summed E-state index contributed by atoms with van der Waals surface area (Å²) in [4.78, 5) is 5.27. The lowest BCUT2D eigenvalue weighted by atomic mass is 10.2. The highest BCUT2D eigenvalue weighted by atomic mass is 32.2. The van der Waals surface area contributed by atoms with Gasteiger partial charge in [-0.3, -0.25) is 4.90 Å². The Morgan fingerprint density at radius 2 is 1.89 bits per heavy atom. The number of rotatable bonds is 2. The quantitative estimate of drug-likeness (QED) is 0.809. The normalized spacial score (nSPS) is 26.2. The zero-order chi connectivity index (χ0) is 12.2. The second-order valence-corrected chi connectivity index (χ2v) is 6.38. The van der Waals surface area contributed by atoms with Crippen LogP contribution in [-0.4, -0.2) is 48.6 Å². The van der Waals surface area contributed by atoms with E-state index in [-0.39, 0.29) is 0 Å². The molecule has 18 heavy (non-hydrogen) atoms. The van der Waals surface area contributed by atoms with Gasteiger partial charge < -0.3 is 4.90 Å². The number of thioether (sulfide) groups is 1. The summed E-state index contributed by atoms with van der Waals surface area (Å²) < 4.78 is 0. The molecule has 3 rings (SSSR count). The molecule has 0 bridgehead atoms. The highest BCUT2D eigenvalue weighted by Gasteiger charge is 2.24. The van der Waals surface area contributed by atoms with Crippen molar-refractivity contribution in [1.29, 1.82) is 0 Å². The molecule has 2 heterocycles. The maximum Gasteiger partial charge on any atom is 0.0366 e. The summed E-state index contributed by atoms with van der Waals surface area (Å²) in [6.07, 6.45) is 2.70. The van der Waals surface area contributed by atoms with Crippen molar-refractivity contribution in [3.8, 4) is 0 Å². The predicted octanol–water partition coefficient (Wildman–Crippen LogP) is 2.70. The van der Waals surface area contributed by atoms with Gasteiger partial charge in [-0.1, -0.05) is 18.2 Å². The standard InChI is InChI=1S/C15H22N2S/c1-2-5-14(6-3-1)16-8-4-9-17(11-10-16)15-7-12-18-13-15/h1-3,5-6,15H,4,7-13H2/t15-/m1/s1. The minimum atomic E-state index is 0.853. The van der Waals surface area contributed by atoms with E-state index < -0.39 is 0 Å².